The average Bonchev–Trinajstić information content (AvgIpc) is 2.40. The Morgan fingerprint density at radius 3 is 1.95 bits per heavy atom. The summed E-state index contributed by atoms with van der Waals surface area (Å²) in [5, 5.41) is 26.6. The Kier molecular flexibility index (Phi) is 3.66. The highest BCUT2D eigenvalue weighted by Crippen LogP contribution is 2.30. The Hall–Kier alpha value is -2.56. The molecule has 0 aliphatic rings. The summed E-state index contributed by atoms with van der Waals surface area (Å²) < 4.78 is 0. The highest BCUT2D eigenvalue weighted by Gasteiger charge is 1.99. The number of hydrogen-bond acceptors (Lipinski definition) is 5. The van der Waals surface area contributed by atoms with Crippen molar-refractivity contribution >= 4 is 17.1 Å². The van der Waals surface area contributed by atoms with Crippen LogP contribution in [0.3, 0.4) is 0 Å². The van der Waals surface area contributed by atoms with Gasteiger partial charge in [-0.05, 0) is 36.4 Å². The Bertz CT molecular complexity index is 592. The predicted octanol–water partition coefficient (Wildman–Crippen LogP) is 3.58. The SMILES string of the molecule is CN(C)c1ccc(N=Nc2ccc(O)c(O)c2)cc1. The van der Waals surface area contributed by atoms with E-state index >= 15 is 0 Å². The Morgan fingerprint density at radius 1 is 0.789 bits per heavy atom. The monoisotopic (exact) mass is 257 g/mol. The summed E-state index contributed by atoms with van der Waals surface area (Å²) >= 11 is 0. The summed E-state index contributed by atoms with van der Waals surface area (Å²) in [6, 6.07) is 11.9. The van der Waals surface area contributed by atoms with Gasteiger partial charge in [0.25, 0.3) is 0 Å². The zero-order chi connectivity index (χ0) is 13.8. The van der Waals surface area contributed by atoms with Crippen LogP contribution in [0.25, 0.3) is 0 Å². The lowest BCUT2D eigenvalue weighted by molar-refractivity contribution is 0.404. The molecule has 2 rings (SSSR count). The molecule has 0 aromatic heterocycles. The Labute approximate surface area is 111 Å². The van der Waals surface area contributed by atoms with Crippen LogP contribution in [-0.2, 0) is 0 Å². The third kappa shape index (κ3) is 3.22. The first-order valence-electron chi connectivity index (χ1n) is 5.77. The maximum Gasteiger partial charge on any atom is 0.159 e. The standard InChI is InChI=1S/C14H15N3O2/c1-17(2)12-6-3-10(4-7-12)15-16-11-5-8-13(18)14(19)9-11/h3-9,18-19H,1-2H3. The fraction of sp³-hybridized carbons (Fsp3) is 0.143. The van der Waals surface area contributed by atoms with E-state index in [1.165, 1.54) is 12.1 Å². The predicted molar refractivity (Wildman–Crippen MR) is 74.7 cm³/mol. The first-order chi connectivity index (χ1) is 9.06. The smallest absolute Gasteiger partial charge is 0.159 e. The molecule has 0 amide bonds. The molecule has 2 aromatic carbocycles. The molecule has 0 fully saturated rings. The van der Waals surface area contributed by atoms with Crippen LogP contribution in [0.5, 0.6) is 11.5 Å². The van der Waals surface area contributed by atoms with Crippen molar-refractivity contribution in [3.63, 3.8) is 0 Å². The lowest BCUT2D eigenvalue weighted by Gasteiger charge is -2.11. The minimum atomic E-state index is -0.209. The normalized spacial score (nSPS) is 10.8. The first-order valence-corrected chi connectivity index (χ1v) is 5.77. The van der Waals surface area contributed by atoms with Crippen molar-refractivity contribution in [3.05, 3.63) is 42.5 Å². The number of anilines is 1. The maximum absolute atomic E-state index is 9.34. The van der Waals surface area contributed by atoms with Gasteiger partial charge in [0.05, 0.1) is 11.4 Å². The van der Waals surface area contributed by atoms with E-state index in [4.69, 9.17) is 0 Å². The zero-order valence-electron chi connectivity index (χ0n) is 10.8. The molecule has 98 valence electrons. The van der Waals surface area contributed by atoms with Crippen molar-refractivity contribution in [3.8, 4) is 11.5 Å². The average molecular weight is 257 g/mol. The van der Waals surface area contributed by atoms with Crippen LogP contribution in [0.15, 0.2) is 52.7 Å². The molecule has 0 heterocycles. The van der Waals surface area contributed by atoms with Gasteiger partial charge in [0.2, 0.25) is 0 Å². The number of aromatic hydroxyl groups is 2. The summed E-state index contributed by atoms with van der Waals surface area (Å²) in [5.41, 5.74) is 2.28. The number of phenolic OH excluding ortho intramolecular Hbond substituents is 2. The summed E-state index contributed by atoms with van der Waals surface area (Å²) in [6.07, 6.45) is 0. The number of azo groups is 1. The van der Waals surface area contributed by atoms with E-state index in [2.05, 4.69) is 10.2 Å². The molecule has 2 aromatic rings. The quantitative estimate of drug-likeness (QED) is 0.652. The van der Waals surface area contributed by atoms with Crippen LogP contribution in [-0.4, -0.2) is 24.3 Å². The summed E-state index contributed by atoms with van der Waals surface area (Å²) in [4.78, 5) is 2.00. The van der Waals surface area contributed by atoms with E-state index in [1.807, 2.05) is 43.3 Å². The lowest BCUT2D eigenvalue weighted by Crippen LogP contribution is -2.07. The second-order valence-electron chi connectivity index (χ2n) is 4.28. The van der Waals surface area contributed by atoms with Gasteiger partial charge < -0.3 is 15.1 Å². The van der Waals surface area contributed by atoms with Gasteiger partial charge in [0.15, 0.2) is 11.5 Å². The van der Waals surface area contributed by atoms with E-state index in [9.17, 15) is 10.2 Å². The van der Waals surface area contributed by atoms with Crippen molar-refractivity contribution in [1.29, 1.82) is 0 Å². The molecule has 0 atom stereocenters. The van der Waals surface area contributed by atoms with Gasteiger partial charge in [-0.15, -0.1) is 0 Å². The molecule has 0 saturated carbocycles. The fourth-order valence-corrected chi connectivity index (χ4v) is 1.51. The molecule has 5 heteroatoms. The second-order valence-corrected chi connectivity index (χ2v) is 4.28. The van der Waals surface area contributed by atoms with E-state index < -0.39 is 0 Å². The van der Waals surface area contributed by atoms with Gasteiger partial charge in [-0.1, -0.05) is 0 Å². The number of rotatable bonds is 3. The molecule has 0 radical (unpaired) electrons. The van der Waals surface area contributed by atoms with Crippen molar-refractivity contribution < 1.29 is 10.2 Å². The first kappa shape index (κ1) is 12.9. The third-order valence-corrected chi connectivity index (χ3v) is 2.61. The largest absolute Gasteiger partial charge is 0.504 e. The van der Waals surface area contributed by atoms with E-state index in [0.29, 0.717) is 5.69 Å². The van der Waals surface area contributed by atoms with Crippen LogP contribution >= 0.6 is 0 Å². The molecule has 0 unspecified atom stereocenters. The molecular formula is C14H15N3O2. The molecule has 0 saturated heterocycles. The van der Waals surface area contributed by atoms with E-state index in [1.54, 1.807) is 6.07 Å². The van der Waals surface area contributed by atoms with Crippen molar-refractivity contribution in [2.24, 2.45) is 10.2 Å². The summed E-state index contributed by atoms with van der Waals surface area (Å²) in [7, 11) is 3.94. The third-order valence-electron chi connectivity index (χ3n) is 2.61. The number of phenols is 2. The number of hydrogen-bond donors (Lipinski definition) is 2. The fourth-order valence-electron chi connectivity index (χ4n) is 1.51. The van der Waals surface area contributed by atoms with Gasteiger partial charge in [0, 0.05) is 25.8 Å². The minimum absolute atomic E-state index is 0.172. The van der Waals surface area contributed by atoms with Gasteiger partial charge in [-0.25, -0.2) is 0 Å². The molecule has 5 nitrogen and oxygen atoms in total. The van der Waals surface area contributed by atoms with E-state index in [0.717, 1.165) is 11.4 Å². The molecular weight excluding hydrogens is 242 g/mol. The highest BCUT2D eigenvalue weighted by atomic mass is 16.3. The lowest BCUT2D eigenvalue weighted by atomic mass is 10.3. The van der Waals surface area contributed by atoms with Crippen molar-refractivity contribution in [1.82, 2.24) is 0 Å². The van der Waals surface area contributed by atoms with Gasteiger partial charge in [0.1, 0.15) is 0 Å². The number of benzene rings is 2. The Balaban J connectivity index is 2.15. The molecule has 19 heavy (non-hydrogen) atoms. The summed E-state index contributed by atoms with van der Waals surface area (Å²) in [6.45, 7) is 0. The summed E-state index contributed by atoms with van der Waals surface area (Å²) in [5.74, 6) is -0.381. The van der Waals surface area contributed by atoms with Gasteiger partial charge >= 0.3 is 0 Å². The second kappa shape index (κ2) is 5.39. The van der Waals surface area contributed by atoms with Crippen LogP contribution in [0.2, 0.25) is 0 Å². The van der Waals surface area contributed by atoms with Crippen molar-refractivity contribution in [2.45, 2.75) is 0 Å². The molecule has 0 aliphatic carbocycles. The van der Waals surface area contributed by atoms with Crippen LogP contribution < -0.4 is 4.90 Å². The maximum atomic E-state index is 9.34. The minimum Gasteiger partial charge on any atom is -0.504 e. The van der Waals surface area contributed by atoms with E-state index in [-0.39, 0.29) is 11.5 Å². The van der Waals surface area contributed by atoms with Crippen LogP contribution in [0, 0.1) is 0 Å². The number of nitrogens with zero attached hydrogens (tertiary/aromatic N) is 3. The molecule has 0 bridgehead atoms. The Morgan fingerprint density at radius 2 is 1.37 bits per heavy atom. The highest BCUT2D eigenvalue weighted by molar-refractivity contribution is 5.53. The molecule has 0 aliphatic heterocycles. The molecule has 2 N–H and O–H groups in total. The zero-order valence-corrected chi connectivity index (χ0v) is 10.8. The topological polar surface area (TPSA) is 68.4 Å². The van der Waals surface area contributed by atoms with Gasteiger partial charge in [-0.2, -0.15) is 10.2 Å². The van der Waals surface area contributed by atoms with Crippen LogP contribution in [0.4, 0.5) is 17.1 Å². The van der Waals surface area contributed by atoms with Crippen molar-refractivity contribution in [2.75, 3.05) is 19.0 Å². The molecule has 0 spiro atoms. The van der Waals surface area contributed by atoms with Crippen LogP contribution in [0.1, 0.15) is 0 Å². The van der Waals surface area contributed by atoms with Gasteiger partial charge in [-0.3, -0.25) is 0 Å².